The lowest BCUT2D eigenvalue weighted by molar-refractivity contribution is 0.948. The van der Waals surface area contributed by atoms with Crippen LogP contribution in [0.4, 0.5) is 0 Å². The zero-order valence-electron chi connectivity index (χ0n) is 6.03. The fourth-order valence-corrected chi connectivity index (χ4v) is 1.25. The molecule has 3 nitrogen and oxygen atoms in total. The lowest BCUT2D eigenvalue weighted by atomic mass is 10.3. The van der Waals surface area contributed by atoms with Gasteiger partial charge in [-0.15, -0.1) is 0 Å². The molecule has 0 saturated heterocycles. The van der Waals surface area contributed by atoms with Crippen molar-refractivity contribution in [1.82, 2.24) is 14.6 Å². The minimum absolute atomic E-state index is 0.527. The van der Waals surface area contributed by atoms with Gasteiger partial charge in [0.15, 0.2) is 5.65 Å². The van der Waals surface area contributed by atoms with Gasteiger partial charge in [0, 0.05) is 6.20 Å². The van der Waals surface area contributed by atoms with E-state index >= 15 is 0 Å². The SMILES string of the molecule is Cc1cccn2[nH]c(=S)nc12. The van der Waals surface area contributed by atoms with E-state index in [1.165, 1.54) is 0 Å². The van der Waals surface area contributed by atoms with Crippen LogP contribution in [0.3, 0.4) is 0 Å². The smallest absolute Gasteiger partial charge is 0.214 e. The number of nitrogens with one attached hydrogen (secondary N) is 1. The first-order valence-corrected chi connectivity index (χ1v) is 3.72. The van der Waals surface area contributed by atoms with Gasteiger partial charge in [-0.05, 0) is 30.8 Å². The Kier molecular flexibility index (Phi) is 1.29. The second-order valence-electron chi connectivity index (χ2n) is 2.41. The first kappa shape index (κ1) is 6.54. The largest absolute Gasteiger partial charge is 0.267 e. The third kappa shape index (κ3) is 0.952. The number of fused-ring (bicyclic) bond motifs is 1. The molecule has 0 aliphatic rings. The van der Waals surface area contributed by atoms with Crippen molar-refractivity contribution in [2.75, 3.05) is 0 Å². The van der Waals surface area contributed by atoms with Crippen LogP contribution in [-0.2, 0) is 0 Å². The topological polar surface area (TPSA) is 33.1 Å². The summed E-state index contributed by atoms with van der Waals surface area (Å²) in [5.41, 5.74) is 2.03. The number of aromatic nitrogens is 3. The Balaban J connectivity index is 3.01. The molecule has 0 aliphatic heterocycles. The van der Waals surface area contributed by atoms with Crippen molar-refractivity contribution in [2.45, 2.75) is 6.92 Å². The molecule has 11 heavy (non-hydrogen) atoms. The number of pyridine rings is 1. The van der Waals surface area contributed by atoms with Crippen molar-refractivity contribution in [2.24, 2.45) is 0 Å². The summed E-state index contributed by atoms with van der Waals surface area (Å²) in [7, 11) is 0. The van der Waals surface area contributed by atoms with Gasteiger partial charge in [0.2, 0.25) is 4.77 Å². The lowest BCUT2D eigenvalue weighted by Gasteiger charge is -1.93. The van der Waals surface area contributed by atoms with Gasteiger partial charge in [0.1, 0.15) is 0 Å². The molecule has 2 aromatic heterocycles. The molecule has 0 aromatic carbocycles. The first-order chi connectivity index (χ1) is 5.27. The molecule has 0 aliphatic carbocycles. The second kappa shape index (κ2) is 2.17. The zero-order valence-corrected chi connectivity index (χ0v) is 6.85. The fraction of sp³-hybridized carbons (Fsp3) is 0.143. The van der Waals surface area contributed by atoms with Crippen molar-refractivity contribution in [3.05, 3.63) is 28.7 Å². The van der Waals surface area contributed by atoms with E-state index in [2.05, 4.69) is 10.1 Å². The van der Waals surface area contributed by atoms with E-state index in [4.69, 9.17) is 12.2 Å². The monoisotopic (exact) mass is 165 g/mol. The molecule has 0 saturated carbocycles. The van der Waals surface area contributed by atoms with Crippen LogP contribution < -0.4 is 0 Å². The lowest BCUT2D eigenvalue weighted by Crippen LogP contribution is -1.87. The Morgan fingerprint density at radius 1 is 1.64 bits per heavy atom. The average Bonchev–Trinajstić information content (AvgIpc) is 2.31. The van der Waals surface area contributed by atoms with Gasteiger partial charge < -0.3 is 0 Å². The van der Waals surface area contributed by atoms with Crippen LogP contribution in [0.1, 0.15) is 5.56 Å². The number of hydrogen-bond donors (Lipinski definition) is 1. The van der Waals surface area contributed by atoms with E-state index in [9.17, 15) is 0 Å². The van der Waals surface area contributed by atoms with Gasteiger partial charge in [-0.2, -0.15) is 4.98 Å². The highest BCUT2D eigenvalue weighted by molar-refractivity contribution is 7.71. The molecule has 0 unspecified atom stereocenters. The van der Waals surface area contributed by atoms with Crippen LogP contribution in [0, 0.1) is 11.7 Å². The standard InChI is InChI=1S/C7H7N3S/c1-5-3-2-4-10-6(5)8-7(11)9-10/h2-4H,1H3,(H,9,11). The molecule has 0 radical (unpaired) electrons. The minimum atomic E-state index is 0.527. The predicted octanol–water partition coefficient (Wildman–Crippen LogP) is 1.70. The third-order valence-electron chi connectivity index (χ3n) is 1.59. The Labute approximate surface area is 68.7 Å². The summed E-state index contributed by atoms with van der Waals surface area (Å²) in [5, 5.41) is 2.92. The highest BCUT2D eigenvalue weighted by atomic mass is 32.1. The summed E-state index contributed by atoms with van der Waals surface area (Å²) in [6, 6.07) is 3.96. The summed E-state index contributed by atoms with van der Waals surface area (Å²) in [4.78, 5) is 4.13. The van der Waals surface area contributed by atoms with Gasteiger partial charge in [-0.25, -0.2) is 4.52 Å². The molecule has 1 N–H and O–H groups in total. The Bertz CT molecular complexity index is 440. The third-order valence-corrected chi connectivity index (χ3v) is 1.77. The molecule has 0 bridgehead atoms. The van der Waals surface area contributed by atoms with Crippen LogP contribution in [0.15, 0.2) is 18.3 Å². The van der Waals surface area contributed by atoms with Crippen LogP contribution in [0.2, 0.25) is 0 Å². The normalized spacial score (nSPS) is 10.6. The van der Waals surface area contributed by atoms with Gasteiger partial charge in [-0.3, -0.25) is 5.10 Å². The van der Waals surface area contributed by atoms with Crippen molar-refractivity contribution < 1.29 is 0 Å². The summed E-state index contributed by atoms with van der Waals surface area (Å²) in [6.07, 6.45) is 1.89. The summed E-state index contributed by atoms with van der Waals surface area (Å²) >= 11 is 4.89. The molecule has 0 fully saturated rings. The fourth-order valence-electron chi connectivity index (χ4n) is 1.07. The molecule has 0 amide bonds. The van der Waals surface area contributed by atoms with E-state index in [0.29, 0.717) is 4.77 Å². The number of hydrogen-bond acceptors (Lipinski definition) is 2. The summed E-state index contributed by atoms with van der Waals surface area (Å²) in [6.45, 7) is 2.00. The Morgan fingerprint density at radius 3 is 3.18 bits per heavy atom. The maximum Gasteiger partial charge on any atom is 0.214 e. The average molecular weight is 165 g/mol. The highest BCUT2D eigenvalue weighted by Gasteiger charge is 1.96. The molecule has 2 heterocycles. The highest BCUT2D eigenvalue weighted by Crippen LogP contribution is 2.04. The van der Waals surface area contributed by atoms with Gasteiger partial charge in [0.05, 0.1) is 0 Å². The van der Waals surface area contributed by atoms with E-state index in [-0.39, 0.29) is 0 Å². The maximum atomic E-state index is 4.89. The molecular weight excluding hydrogens is 158 g/mol. The second-order valence-corrected chi connectivity index (χ2v) is 2.80. The van der Waals surface area contributed by atoms with E-state index in [0.717, 1.165) is 11.2 Å². The number of nitrogens with zero attached hydrogens (tertiary/aromatic N) is 2. The quantitative estimate of drug-likeness (QED) is 0.603. The van der Waals surface area contributed by atoms with E-state index < -0.39 is 0 Å². The van der Waals surface area contributed by atoms with Crippen LogP contribution in [0.5, 0.6) is 0 Å². The molecule has 56 valence electrons. The van der Waals surface area contributed by atoms with Crippen LogP contribution in [-0.4, -0.2) is 14.6 Å². The number of H-pyrrole nitrogens is 1. The molecule has 0 spiro atoms. The maximum absolute atomic E-state index is 4.89. The molecule has 4 heteroatoms. The minimum Gasteiger partial charge on any atom is -0.267 e. The van der Waals surface area contributed by atoms with Gasteiger partial charge in [-0.1, -0.05) is 6.07 Å². The molecule has 2 aromatic rings. The zero-order chi connectivity index (χ0) is 7.84. The van der Waals surface area contributed by atoms with Crippen LogP contribution in [0.25, 0.3) is 5.65 Å². The Morgan fingerprint density at radius 2 is 2.45 bits per heavy atom. The Hall–Kier alpha value is -1.16. The van der Waals surface area contributed by atoms with Crippen molar-refractivity contribution >= 4 is 17.9 Å². The first-order valence-electron chi connectivity index (χ1n) is 3.31. The van der Waals surface area contributed by atoms with Gasteiger partial charge in [0.25, 0.3) is 0 Å². The molecular formula is C7H7N3S. The number of aryl methyl sites for hydroxylation is 1. The molecule has 0 atom stereocenters. The van der Waals surface area contributed by atoms with Gasteiger partial charge >= 0.3 is 0 Å². The van der Waals surface area contributed by atoms with Crippen molar-refractivity contribution in [3.63, 3.8) is 0 Å². The van der Waals surface area contributed by atoms with Crippen molar-refractivity contribution in [1.29, 1.82) is 0 Å². The summed E-state index contributed by atoms with van der Waals surface area (Å²) in [5.74, 6) is 0. The number of rotatable bonds is 0. The summed E-state index contributed by atoms with van der Waals surface area (Å²) < 4.78 is 2.34. The van der Waals surface area contributed by atoms with E-state index in [1.807, 2.05) is 29.8 Å². The number of aromatic amines is 1. The van der Waals surface area contributed by atoms with Crippen LogP contribution >= 0.6 is 12.2 Å². The predicted molar refractivity (Wildman–Crippen MR) is 45.1 cm³/mol. The molecule has 2 rings (SSSR count). The van der Waals surface area contributed by atoms with E-state index in [1.54, 1.807) is 0 Å². The van der Waals surface area contributed by atoms with Crippen molar-refractivity contribution in [3.8, 4) is 0 Å².